The largest absolute Gasteiger partial charge is 0.497 e. The fraction of sp³-hybridized carbons (Fsp3) is 0.0769. The quantitative estimate of drug-likeness (QED) is 0.385. The van der Waals surface area contributed by atoms with Crippen molar-refractivity contribution in [1.29, 1.82) is 0 Å². The number of hydrogen-bond acceptors (Lipinski definition) is 1. The second-order valence-electron chi connectivity index (χ2n) is 6.76. The molecule has 0 N–H and O–H groups in total. The van der Waals surface area contributed by atoms with Crippen molar-refractivity contribution in [3.8, 4) is 39.1 Å². The number of aryl methyl sites for hydroxylation is 1. The molecule has 1 nitrogen and oxygen atoms in total. The van der Waals surface area contributed by atoms with Crippen LogP contribution in [-0.2, 0) is 0 Å². The van der Waals surface area contributed by atoms with E-state index in [1.807, 2.05) is 12.1 Å². The van der Waals surface area contributed by atoms with Gasteiger partial charge in [0.15, 0.2) is 0 Å². The van der Waals surface area contributed by atoms with Crippen LogP contribution in [0.4, 0.5) is 0 Å². The summed E-state index contributed by atoms with van der Waals surface area (Å²) >= 11 is 0. The molecule has 4 aromatic carbocycles. The summed E-state index contributed by atoms with van der Waals surface area (Å²) in [5.74, 6) is 0.876. The van der Waals surface area contributed by atoms with Crippen molar-refractivity contribution in [2.45, 2.75) is 6.92 Å². The fourth-order valence-corrected chi connectivity index (χ4v) is 3.36. The highest BCUT2D eigenvalue weighted by molar-refractivity contribution is 5.77. The van der Waals surface area contributed by atoms with Crippen LogP contribution in [0.25, 0.3) is 33.4 Å². The van der Waals surface area contributed by atoms with Gasteiger partial charge in [-0.25, -0.2) is 0 Å². The maximum Gasteiger partial charge on any atom is 0.118 e. The molecular formula is C26H22O. The molecule has 0 fully saturated rings. The topological polar surface area (TPSA) is 9.23 Å². The molecule has 0 atom stereocenters. The van der Waals surface area contributed by atoms with Crippen LogP contribution in [0.2, 0.25) is 0 Å². The van der Waals surface area contributed by atoms with E-state index in [0.29, 0.717) is 0 Å². The third-order valence-corrected chi connectivity index (χ3v) is 4.83. The van der Waals surface area contributed by atoms with Crippen LogP contribution < -0.4 is 4.74 Å². The molecule has 4 aromatic rings. The zero-order valence-corrected chi connectivity index (χ0v) is 15.6. The standard InChI is InChI=1S/C26H22O/c1-19-6-3-7-21(16-19)23-9-5-11-25(18-23)24-10-4-8-22(17-24)20-12-14-26(27-2)15-13-20/h3-18H,1-2H3. The lowest BCUT2D eigenvalue weighted by molar-refractivity contribution is 0.415. The van der Waals surface area contributed by atoms with E-state index in [1.165, 1.54) is 38.9 Å². The number of benzene rings is 4. The Balaban J connectivity index is 1.70. The average Bonchev–Trinajstić information content (AvgIpc) is 2.74. The van der Waals surface area contributed by atoms with E-state index >= 15 is 0 Å². The SMILES string of the molecule is COc1ccc(-c2cccc(-c3cccc(-c4cccc(C)c4)c3)c2)cc1. The lowest BCUT2D eigenvalue weighted by Crippen LogP contribution is -1.85. The van der Waals surface area contributed by atoms with Crippen LogP contribution in [0.1, 0.15) is 5.56 Å². The molecular weight excluding hydrogens is 328 g/mol. The van der Waals surface area contributed by atoms with Gasteiger partial charge in [0.1, 0.15) is 5.75 Å². The molecule has 0 saturated heterocycles. The van der Waals surface area contributed by atoms with Gasteiger partial charge >= 0.3 is 0 Å². The van der Waals surface area contributed by atoms with Crippen molar-refractivity contribution in [1.82, 2.24) is 0 Å². The molecule has 27 heavy (non-hydrogen) atoms. The van der Waals surface area contributed by atoms with Gasteiger partial charge in [-0.2, -0.15) is 0 Å². The minimum atomic E-state index is 0.876. The summed E-state index contributed by atoms with van der Waals surface area (Å²) < 4.78 is 5.26. The summed E-state index contributed by atoms with van der Waals surface area (Å²) in [4.78, 5) is 0. The van der Waals surface area contributed by atoms with Gasteiger partial charge in [0.2, 0.25) is 0 Å². The first-order chi connectivity index (χ1) is 13.2. The maximum absolute atomic E-state index is 5.26. The zero-order valence-electron chi connectivity index (χ0n) is 15.6. The van der Waals surface area contributed by atoms with Crippen LogP contribution in [0.3, 0.4) is 0 Å². The van der Waals surface area contributed by atoms with Crippen LogP contribution in [0.15, 0.2) is 97.1 Å². The first kappa shape index (κ1) is 17.1. The number of hydrogen-bond donors (Lipinski definition) is 0. The van der Waals surface area contributed by atoms with Gasteiger partial charge in [-0.3, -0.25) is 0 Å². The third kappa shape index (κ3) is 3.78. The summed E-state index contributed by atoms with van der Waals surface area (Å²) in [5.41, 5.74) is 8.61. The van der Waals surface area contributed by atoms with Crippen molar-refractivity contribution < 1.29 is 4.74 Å². The molecule has 132 valence electrons. The second-order valence-corrected chi connectivity index (χ2v) is 6.76. The molecule has 0 bridgehead atoms. The van der Waals surface area contributed by atoms with Gasteiger partial charge in [0, 0.05) is 0 Å². The van der Waals surface area contributed by atoms with Crippen molar-refractivity contribution in [2.75, 3.05) is 7.11 Å². The predicted octanol–water partition coefficient (Wildman–Crippen LogP) is 7.00. The molecule has 0 aromatic heterocycles. The van der Waals surface area contributed by atoms with E-state index in [9.17, 15) is 0 Å². The zero-order chi connectivity index (χ0) is 18.6. The molecule has 0 amide bonds. The monoisotopic (exact) mass is 350 g/mol. The van der Waals surface area contributed by atoms with E-state index in [4.69, 9.17) is 4.74 Å². The van der Waals surface area contributed by atoms with Crippen molar-refractivity contribution in [3.05, 3.63) is 103 Å². The number of rotatable bonds is 4. The highest BCUT2D eigenvalue weighted by Crippen LogP contribution is 2.30. The smallest absolute Gasteiger partial charge is 0.118 e. The lowest BCUT2D eigenvalue weighted by atomic mass is 9.96. The van der Waals surface area contributed by atoms with E-state index < -0.39 is 0 Å². The van der Waals surface area contributed by atoms with Crippen LogP contribution in [-0.4, -0.2) is 7.11 Å². The Morgan fingerprint density at radius 2 is 0.926 bits per heavy atom. The Hall–Kier alpha value is -3.32. The first-order valence-electron chi connectivity index (χ1n) is 9.15. The molecule has 0 aliphatic carbocycles. The van der Waals surface area contributed by atoms with E-state index in [0.717, 1.165) is 5.75 Å². The van der Waals surface area contributed by atoms with Crippen molar-refractivity contribution >= 4 is 0 Å². The first-order valence-corrected chi connectivity index (χ1v) is 9.15. The molecule has 1 heteroatoms. The van der Waals surface area contributed by atoms with Crippen molar-refractivity contribution in [2.24, 2.45) is 0 Å². The summed E-state index contributed by atoms with van der Waals surface area (Å²) in [7, 11) is 1.69. The average molecular weight is 350 g/mol. The predicted molar refractivity (Wildman–Crippen MR) is 114 cm³/mol. The van der Waals surface area contributed by atoms with Gasteiger partial charge in [-0.15, -0.1) is 0 Å². The normalized spacial score (nSPS) is 10.6. The van der Waals surface area contributed by atoms with Crippen LogP contribution in [0.5, 0.6) is 5.75 Å². The molecule has 0 heterocycles. The molecule has 0 aliphatic heterocycles. The third-order valence-electron chi connectivity index (χ3n) is 4.83. The second kappa shape index (κ2) is 7.51. The van der Waals surface area contributed by atoms with Gasteiger partial charge < -0.3 is 4.74 Å². The summed E-state index contributed by atoms with van der Waals surface area (Å²) in [6, 6.07) is 34.3. The molecule has 0 spiro atoms. The minimum Gasteiger partial charge on any atom is -0.497 e. The Morgan fingerprint density at radius 3 is 1.41 bits per heavy atom. The lowest BCUT2D eigenvalue weighted by Gasteiger charge is -2.09. The molecule has 0 aliphatic rings. The minimum absolute atomic E-state index is 0.876. The van der Waals surface area contributed by atoms with Crippen LogP contribution >= 0.6 is 0 Å². The molecule has 0 saturated carbocycles. The highest BCUT2D eigenvalue weighted by Gasteiger charge is 2.05. The number of methoxy groups -OCH3 is 1. The molecule has 0 unspecified atom stereocenters. The summed E-state index contributed by atoms with van der Waals surface area (Å²) in [6.07, 6.45) is 0. The Kier molecular flexibility index (Phi) is 4.76. The molecule has 0 radical (unpaired) electrons. The van der Waals surface area contributed by atoms with E-state index in [-0.39, 0.29) is 0 Å². The van der Waals surface area contributed by atoms with Gasteiger partial charge in [-0.1, -0.05) is 78.4 Å². The maximum atomic E-state index is 5.26. The van der Waals surface area contributed by atoms with Gasteiger partial charge in [0.25, 0.3) is 0 Å². The molecule has 4 rings (SSSR count). The summed E-state index contributed by atoms with van der Waals surface area (Å²) in [5, 5.41) is 0. The Morgan fingerprint density at radius 1 is 0.481 bits per heavy atom. The van der Waals surface area contributed by atoms with Crippen molar-refractivity contribution in [3.63, 3.8) is 0 Å². The van der Waals surface area contributed by atoms with Crippen LogP contribution in [0, 0.1) is 6.92 Å². The fourth-order valence-electron chi connectivity index (χ4n) is 3.36. The number of ether oxygens (including phenoxy) is 1. The highest BCUT2D eigenvalue weighted by atomic mass is 16.5. The van der Waals surface area contributed by atoms with Gasteiger partial charge in [-0.05, 0) is 64.6 Å². The Bertz CT molecular complexity index is 1060. The Labute approximate surface area is 160 Å². The summed E-state index contributed by atoms with van der Waals surface area (Å²) in [6.45, 7) is 2.13. The van der Waals surface area contributed by atoms with E-state index in [2.05, 4.69) is 91.9 Å². The van der Waals surface area contributed by atoms with Gasteiger partial charge in [0.05, 0.1) is 7.11 Å². The van der Waals surface area contributed by atoms with E-state index in [1.54, 1.807) is 7.11 Å².